The number of sulfonamides is 1. The lowest BCUT2D eigenvalue weighted by Gasteiger charge is -2.28. The number of amides is 1. The molecule has 150 valence electrons. The van der Waals surface area contributed by atoms with Gasteiger partial charge in [0.05, 0.1) is 21.3 Å². The van der Waals surface area contributed by atoms with Crippen LogP contribution in [0.4, 0.5) is 10.5 Å². The van der Waals surface area contributed by atoms with E-state index < -0.39 is 16.1 Å². The monoisotopic (exact) mass is 406 g/mol. The van der Waals surface area contributed by atoms with Gasteiger partial charge in [-0.3, -0.25) is 4.72 Å². The SMILES string of the molecule is COC(=O)N1CCc2ccc(NS(=O)(=O)c3cc(OC)ccc3OC)cc2C1. The molecule has 1 aliphatic heterocycles. The Morgan fingerprint density at radius 1 is 1.04 bits per heavy atom. The second kappa shape index (κ2) is 7.97. The maximum absolute atomic E-state index is 12.9. The van der Waals surface area contributed by atoms with Gasteiger partial charge in [0.25, 0.3) is 10.0 Å². The van der Waals surface area contributed by atoms with Gasteiger partial charge < -0.3 is 19.1 Å². The van der Waals surface area contributed by atoms with E-state index in [0.29, 0.717) is 30.9 Å². The van der Waals surface area contributed by atoms with Crippen molar-refractivity contribution in [1.29, 1.82) is 0 Å². The van der Waals surface area contributed by atoms with Gasteiger partial charge in [0.15, 0.2) is 0 Å². The van der Waals surface area contributed by atoms with Crippen molar-refractivity contribution in [3.8, 4) is 11.5 Å². The van der Waals surface area contributed by atoms with E-state index in [0.717, 1.165) is 11.1 Å². The number of carbonyl (C=O) groups is 1. The summed E-state index contributed by atoms with van der Waals surface area (Å²) in [5.41, 5.74) is 2.34. The molecule has 2 aromatic rings. The maximum Gasteiger partial charge on any atom is 0.409 e. The zero-order chi connectivity index (χ0) is 20.3. The molecule has 0 unspecified atom stereocenters. The smallest absolute Gasteiger partial charge is 0.409 e. The quantitative estimate of drug-likeness (QED) is 0.820. The third-order valence-electron chi connectivity index (χ3n) is 4.56. The van der Waals surface area contributed by atoms with E-state index in [1.165, 1.54) is 33.5 Å². The van der Waals surface area contributed by atoms with E-state index in [2.05, 4.69) is 4.72 Å². The first kappa shape index (κ1) is 19.8. The molecule has 1 amide bonds. The number of nitrogens with zero attached hydrogens (tertiary/aromatic N) is 1. The van der Waals surface area contributed by atoms with Gasteiger partial charge in [-0.15, -0.1) is 0 Å². The number of nitrogens with one attached hydrogen (secondary N) is 1. The van der Waals surface area contributed by atoms with Crippen molar-refractivity contribution >= 4 is 21.8 Å². The summed E-state index contributed by atoms with van der Waals surface area (Å²) in [5.74, 6) is 0.614. The molecule has 1 N–H and O–H groups in total. The molecule has 0 fully saturated rings. The van der Waals surface area contributed by atoms with Gasteiger partial charge in [-0.1, -0.05) is 6.07 Å². The topological polar surface area (TPSA) is 94.2 Å². The molecule has 1 heterocycles. The van der Waals surface area contributed by atoms with Crippen molar-refractivity contribution in [1.82, 2.24) is 4.90 Å². The predicted molar refractivity (Wildman–Crippen MR) is 103 cm³/mol. The van der Waals surface area contributed by atoms with Crippen LogP contribution in [-0.4, -0.2) is 47.3 Å². The Morgan fingerprint density at radius 2 is 1.82 bits per heavy atom. The van der Waals surface area contributed by atoms with Crippen LogP contribution in [0.25, 0.3) is 0 Å². The summed E-state index contributed by atoms with van der Waals surface area (Å²) in [5, 5.41) is 0. The lowest BCUT2D eigenvalue weighted by atomic mass is 9.99. The first-order chi connectivity index (χ1) is 13.4. The summed E-state index contributed by atoms with van der Waals surface area (Å²) in [6.07, 6.45) is 0.277. The highest BCUT2D eigenvalue weighted by Gasteiger charge is 2.24. The molecular weight excluding hydrogens is 384 g/mol. The van der Waals surface area contributed by atoms with E-state index in [1.807, 2.05) is 6.07 Å². The Hall–Kier alpha value is -2.94. The first-order valence-corrected chi connectivity index (χ1v) is 10.1. The Balaban J connectivity index is 1.89. The molecule has 0 aromatic heterocycles. The molecule has 8 nitrogen and oxygen atoms in total. The van der Waals surface area contributed by atoms with E-state index >= 15 is 0 Å². The normalized spacial score (nSPS) is 13.5. The average Bonchev–Trinajstić information content (AvgIpc) is 2.71. The largest absolute Gasteiger partial charge is 0.497 e. The summed E-state index contributed by atoms with van der Waals surface area (Å²) in [6.45, 7) is 0.922. The lowest BCUT2D eigenvalue weighted by Crippen LogP contribution is -2.35. The summed E-state index contributed by atoms with van der Waals surface area (Å²) in [7, 11) is 0.292. The van der Waals surface area contributed by atoms with Gasteiger partial charge in [0.1, 0.15) is 16.4 Å². The Labute approximate surface area is 164 Å². The van der Waals surface area contributed by atoms with Gasteiger partial charge in [-0.25, -0.2) is 13.2 Å². The van der Waals surface area contributed by atoms with Gasteiger partial charge >= 0.3 is 6.09 Å². The van der Waals surface area contributed by atoms with Gasteiger partial charge in [-0.05, 0) is 41.8 Å². The highest BCUT2D eigenvalue weighted by Crippen LogP contribution is 2.30. The predicted octanol–water partition coefficient (Wildman–Crippen LogP) is 2.63. The highest BCUT2D eigenvalue weighted by atomic mass is 32.2. The minimum absolute atomic E-state index is 0.0248. The second-order valence-electron chi connectivity index (χ2n) is 6.25. The number of carbonyl (C=O) groups excluding carboxylic acids is 1. The third kappa shape index (κ3) is 3.99. The molecule has 28 heavy (non-hydrogen) atoms. The van der Waals surface area contributed by atoms with Crippen molar-refractivity contribution in [2.45, 2.75) is 17.9 Å². The van der Waals surface area contributed by atoms with Crippen molar-refractivity contribution in [3.63, 3.8) is 0 Å². The third-order valence-corrected chi connectivity index (χ3v) is 5.97. The molecule has 1 aliphatic rings. The summed E-state index contributed by atoms with van der Waals surface area (Å²) < 4.78 is 43.5. The average molecular weight is 406 g/mol. The summed E-state index contributed by atoms with van der Waals surface area (Å²) >= 11 is 0. The molecule has 3 rings (SSSR count). The van der Waals surface area contributed by atoms with Crippen molar-refractivity contribution in [2.24, 2.45) is 0 Å². The minimum atomic E-state index is -3.91. The standard InChI is InChI=1S/C19H22N2O6S/c1-25-16-6-7-17(26-2)18(11-16)28(23,24)20-15-5-4-13-8-9-21(19(22)27-3)12-14(13)10-15/h4-7,10-11,20H,8-9,12H2,1-3H3. The highest BCUT2D eigenvalue weighted by molar-refractivity contribution is 7.92. The molecule has 9 heteroatoms. The van der Waals surface area contributed by atoms with E-state index in [9.17, 15) is 13.2 Å². The summed E-state index contributed by atoms with van der Waals surface area (Å²) in [6, 6.07) is 9.86. The number of hydrogen-bond donors (Lipinski definition) is 1. The molecular formula is C19H22N2O6S. The molecule has 0 saturated carbocycles. The van der Waals surface area contributed by atoms with Gasteiger partial charge in [0, 0.05) is 24.8 Å². The number of hydrogen-bond acceptors (Lipinski definition) is 6. The van der Waals surface area contributed by atoms with Crippen molar-refractivity contribution in [2.75, 3.05) is 32.6 Å². The first-order valence-electron chi connectivity index (χ1n) is 8.57. The van der Waals surface area contributed by atoms with Gasteiger partial charge in [-0.2, -0.15) is 0 Å². The number of benzene rings is 2. The Bertz CT molecular complexity index is 990. The molecule has 0 radical (unpaired) electrons. The van der Waals surface area contributed by atoms with Crippen LogP contribution in [0.3, 0.4) is 0 Å². The number of methoxy groups -OCH3 is 3. The molecule has 0 aliphatic carbocycles. The molecule has 0 saturated heterocycles. The van der Waals surface area contributed by atoms with Crippen molar-refractivity contribution in [3.05, 3.63) is 47.5 Å². The lowest BCUT2D eigenvalue weighted by molar-refractivity contribution is 0.118. The van der Waals surface area contributed by atoms with Crippen LogP contribution in [0.15, 0.2) is 41.3 Å². The van der Waals surface area contributed by atoms with E-state index in [-0.39, 0.29) is 10.6 Å². The van der Waals surface area contributed by atoms with Crippen LogP contribution in [0, 0.1) is 0 Å². The van der Waals surface area contributed by atoms with Crippen LogP contribution >= 0.6 is 0 Å². The second-order valence-corrected chi connectivity index (χ2v) is 7.90. The number of ether oxygens (including phenoxy) is 3. The van der Waals surface area contributed by atoms with Crippen LogP contribution < -0.4 is 14.2 Å². The molecule has 0 spiro atoms. The van der Waals surface area contributed by atoms with Crippen LogP contribution in [0.1, 0.15) is 11.1 Å². The van der Waals surface area contributed by atoms with Crippen LogP contribution in [0.5, 0.6) is 11.5 Å². The summed E-state index contributed by atoms with van der Waals surface area (Å²) in [4.78, 5) is 13.3. The zero-order valence-corrected chi connectivity index (χ0v) is 16.7. The minimum Gasteiger partial charge on any atom is -0.497 e. The fraction of sp³-hybridized carbons (Fsp3) is 0.316. The van der Waals surface area contributed by atoms with Crippen molar-refractivity contribution < 1.29 is 27.4 Å². The fourth-order valence-electron chi connectivity index (χ4n) is 3.11. The molecule has 2 aromatic carbocycles. The maximum atomic E-state index is 12.9. The van der Waals surface area contributed by atoms with E-state index in [4.69, 9.17) is 14.2 Å². The van der Waals surface area contributed by atoms with Crippen LogP contribution in [0.2, 0.25) is 0 Å². The fourth-order valence-corrected chi connectivity index (χ4v) is 4.34. The Kier molecular flexibility index (Phi) is 5.64. The van der Waals surface area contributed by atoms with Gasteiger partial charge in [0.2, 0.25) is 0 Å². The van der Waals surface area contributed by atoms with Crippen LogP contribution in [-0.2, 0) is 27.7 Å². The zero-order valence-electron chi connectivity index (χ0n) is 15.9. The molecule has 0 atom stereocenters. The number of anilines is 1. The molecule has 0 bridgehead atoms. The van der Waals surface area contributed by atoms with E-state index in [1.54, 1.807) is 23.1 Å². The Morgan fingerprint density at radius 3 is 2.50 bits per heavy atom. The number of fused-ring (bicyclic) bond motifs is 1. The number of rotatable bonds is 5.